The number of aromatic nitrogens is 3. The van der Waals surface area contributed by atoms with Gasteiger partial charge in [0, 0.05) is 16.6 Å². The van der Waals surface area contributed by atoms with Gasteiger partial charge in [-0.2, -0.15) is 5.10 Å². The fourth-order valence-corrected chi connectivity index (χ4v) is 4.11. The van der Waals surface area contributed by atoms with Gasteiger partial charge in [0.15, 0.2) is 5.65 Å². The number of nitrogens with one attached hydrogen (secondary N) is 1. The van der Waals surface area contributed by atoms with Crippen LogP contribution in [0.5, 0.6) is 0 Å². The summed E-state index contributed by atoms with van der Waals surface area (Å²) in [6.07, 6.45) is 3.57. The van der Waals surface area contributed by atoms with Crippen LogP contribution >= 0.6 is 11.3 Å². The molecule has 3 heterocycles. The van der Waals surface area contributed by atoms with Crippen LogP contribution in [0.1, 0.15) is 39.8 Å². The summed E-state index contributed by atoms with van der Waals surface area (Å²) in [4.78, 5) is 18.8. The van der Waals surface area contributed by atoms with Gasteiger partial charge in [0.25, 0.3) is 5.91 Å². The van der Waals surface area contributed by atoms with E-state index in [0.717, 1.165) is 29.6 Å². The molecule has 0 aliphatic rings. The molecule has 0 aliphatic heterocycles. The summed E-state index contributed by atoms with van der Waals surface area (Å²) in [6.45, 7) is 4.62. The van der Waals surface area contributed by atoms with E-state index in [9.17, 15) is 4.79 Å². The summed E-state index contributed by atoms with van der Waals surface area (Å²) >= 11 is 1.69. The molecule has 6 heteroatoms. The van der Waals surface area contributed by atoms with E-state index in [4.69, 9.17) is 0 Å². The van der Waals surface area contributed by atoms with Crippen LogP contribution in [0.2, 0.25) is 0 Å². The first kappa shape index (κ1) is 19.3. The number of amides is 1. The highest BCUT2D eigenvalue weighted by atomic mass is 32.1. The topological polar surface area (TPSA) is 59.8 Å². The summed E-state index contributed by atoms with van der Waals surface area (Å²) in [5, 5.41) is 10.5. The van der Waals surface area contributed by atoms with Gasteiger partial charge in [0.2, 0.25) is 0 Å². The van der Waals surface area contributed by atoms with E-state index in [1.165, 1.54) is 10.4 Å². The maximum Gasteiger partial charge on any atom is 0.252 e. The molecule has 29 heavy (non-hydrogen) atoms. The standard InChI is InChI=1S/C23H24N4OS/c1-16(10-11-18-7-4-3-5-8-18)26-23(28)20-13-17(2)25-22-21(20)14-24-27(22)15-19-9-6-12-29-19/h3-9,12-14,16H,10-11,15H2,1-2H3,(H,26,28)/t16-/m0/s1. The molecule has 0 unspecified atom stereocenters. The minimum Gasteiger partial charge on any atom is -0.350 e. The summed E-state index contributed by atoms with van der Waals surface area (Å²) in [5.41, 5.74) is 3.48. The number of carbonyl (C=O) groups is 1. The average Bonchev–Trinajstić information content (AvgIpc) is 3.37. The Bertz CT molecular complexity index is 1100. The molecule has 1 amide bonds. The van der Waals surface area contributed by atoms with E-state index in [-0.39, 0.29) is 11.9 Å². The van der Waals surface area contributed by atoms with Gasteiger partial charge < -0.3 is 5.32 Å². The molecule has 148 valence electrons. The second-order valence-corrected chi connectivity index (χ2v) is 8.36. The normalized spacial score (nSPS) is 12.2. The lowest BCUT2D eigenvalue weighted by Crippen LogP contribution is -2.33. The maximum absolute atomic E-state index is 13.0. The van der Waals surface area contributed by atoms with E-state index in [1.807, 2.05) is 48.9 Å². The smallest absolute Gasteiger partial charge is 0.252 e. The van der Waals surface area contributed by atoms with Crippen molar-refractivity contribution >= 4 is 28.3 Å². The molecule has 0 fully saturated rings. The molecule has 0 saturated carbocycles. The van der Waals surface area contributed by atoms with Crippen molar-refractivity contribution in [2.24, 2.45) is 0 Å². The molecule has 0 radical (unpaired) electrons. The molecule has 4 aromatic rings. The van der Waals surface area contributed by atoms with Gasteiger partial charge in [-0.3, -0.25) is 4.79 Å². The largest absolute Gasteiger partial charge is 0.350 e. The molecule has 5 nitrogen and oxygen atoms in total. The van der Waals surface area contributed by atoms with Gasteiger partial charge in [0.1, 0.15) is 0 Å². The SMILES string of the molecule is Cc1cc(C(=O)N[C@@H](C)CCc2ccccc2)c2cnn(Cc3cccs3)c2n1. The summed E-state index contributed by atoms with van der Waals surface area (Å²) in [5.74, 6) is -0.0725. The highest BCUT2D eigenvalue weighted by molar-refractivity contribution is 7.09. The number of aryl methyl sites for hydroxylation is 2. The first-order chi connectivity index (χ1) is 14.1. The second kappa shape index (κ2) is 8.57. The molecule has 0 spiro atoms. The van der Waals surface area contributed by atoms with Gasteiger partial charge in [0.05, 0.1) is 23.7 Å². The number of pyridine rings is 1. The third kappa shape index (κ3) is 4.54. The first-order valence-electron chi connectivity index (χ1n) is 9.80. The van der Waals surface area contributed by atoms with Gasteiger partial charge in [-0.05, 0) is 49.8 Å². The average molecular weight is 405 g/mol. The number of rotatable bonds is 7. The Morgan fingerprint density at radius 1 is 1.21 bits per heavy atom. The molecule has 0 saturated heterocycles. The Balaban J connectivity index is 1.50. The van der Waals surface area contributed by atoms with Gasteiger partial charge in [-0.25, -0.2) is 9.67 Å². The number of nitrogens with zero attached hydrogens (tertiary/aromatic N) is 3. The van der Waals surface area contributed by atoms with Crippen LogP contribution < -0.4 is 5.32 Å². The molecule has 1 atom stereocenters. The van der Waals surface area contributed by atoms with Gasteiger partial charge in [-0.1, -0.05) is 36.4 Å². The summed E-state index contributed by atoms with van der Waals surface area (Å²) in [6, 6.07) is 16.4. The minimum atomic E-state index is -0.0725. The number of carbonyl (C=O) groups excluding carboxylic acids is 1. The van der Waals surface area contributed by atoms with Crippen molar-refractivity contribution in [2.75, 3.05) is 0 Å². The van der Waals surface area contributed by atoms with Crippen molar-refractivity contribution in [2.45, 2.75) is 39.3 Å². The predicted octanol–water partition coefficient (Wildman–Crippen LogP) is 4.60. The number of hydrogen-bond acceptors (Lipinski definition) is 4. The van der Waals surface area contributed by atoms with E-state index >= 15 is 0 Å². The third-order valence-corrected chi connectivity index (χ3v) is 5.82. The summed E-state index contributed by atoms with van der Waals surface area (Å²) in [7, 11) is 0. The van der Waals surface area contributed by atoms with Crippen LogP contribution in [0.4, 0.5) is 0 Å². The fraction of sp³-hybridized carbons (Fsp3) is 0.261. The van der Waals surface area contributed by atoms with Gasteiger partial charge in [-0.15, -0.1) is 11.3 Å². The minimum absolute atomic E-state index is 0.0725. The highest BCUT2D eigenvalue weighted by Crippen LogP contribution is 2.21. The van der Waals surface area contributed by atoms with Gasteiger partial charge >= 0.3 is 0 Å². The zero-order chi connectivity index (χ0) is 20.2. The van der Waals surface area contributed by atoms with Crippen LogP contribution in [0.3, 0.4) is 0 Å². The van der Waals surface area contributed by atoms with Crippen molar-refractivity contribution in [3.63, 3.8) is 0 Å². The van der Waals surface area contributed by atoms with Crippen molar-refractivity contribution in [1.29, 1.82) is 0 Å². The highest BCUT2D eigenvalue weighted by Gasteiger charge is 2.17. The lowest BCUT2D eigenvalue weighted by Gasteiger charge is -2.15. The van der Waals surface area contributed by atoms with E-state index in [0.29, 0.717) is 12.1 Å². The fourth-order valence-electron chi connectivity index (χ4n) is 3.43. The maximum atomic E-state index is 13.0. The van der Waals surface area contributed by atoms with Crippen LogP contribution in [0.15, 0.2) is 60.1 Å². The Morgan fingerprint density at radius 2 is 2.03 bits per heavy atom. The number of thiophene rings is 1. The first-order valence-corrected chi connectivity index (χ1v) is 10.7. The van der Waals surface area contributed by atoms with Crippen LogP contribution in [0, 0.1) is 6.92 Å². The molecular weight excluding hydrogens is 380 g/mol. The summed E-state index contributed by atoms with van der Waals surface area (Å²) < 4.78 is 1.86. The van der Waals surface area contributed by atoms with Crippen LogP contribution in [-0.2, 0) is 13.0 Å². The number of benzene rings is 1. The Kier molecular flexibility index (Phi) is 5.71. The lowest BCUT2D eigenvalue weighted by atomic mass is 10.1. The van der Waals surface area contributed by atoms with Crippen LogP contribution in [-0.4, -0.2) is 26.7 Å². The molecule has 0 bridgehead atoms. The zero-order valence-corrected chi connectivity index (χ0v) is 17.4. The zero-order valence-electron chi connectivity index (χ0n) is 16.6. The monoisotopic (exact) mass is 404 g/mol. The number of fused-ring (bicyclic) bond motifs is 1. The van der Waals surface area contributed by atoms with Crippen molar-refractivity contribution < 1.29 is 4.79 Å². The van der Waals surface area contributed by atoms with Crippen molar-refractivity contribution in [1.82, 2.24) is 20.1 Å². The Labute approximate surface area is 174 Å². The molecule has 1 aromatic carbocycles. The van der Waals surface area contributed by atoms with Crippen molar-refractivity contribution in [3.8, 4) is 0 Å². The van der Waals surface area contributed by atoms with Crippen molar-refractivity contribution in [3.05, 3.63) is 81.8 Å². The third-order valence-electron chi connectivity index (χ3n) is 4.95. The second-order valence-electron chi connectivity index (χ2n) is 7.33. The van der Waals surface area contributed by atoms with Crippen LogP contribution in [0.25, 0.3) is 11.0 Å². The molecule has 4 rings (SSSR count). The predicted molar refractivity (Wildman–Crippen MR) is 117 cm³/mol. The van der Waals surface area contributed by atoms with E-state index < -0.39 is 0 Å². The lowest BCUT2D eigenvalue weighted by molar-refractivity contribution is 0.0940. The van der Waals surface area contributed by atoms with E-state index in [1.54, 1.807) is 17.5 Å². The molecule has 0 aliphatic carbocycles. The molecule has 3 aromatic heterocycles. The quantitative estimate of drug-likeness (QED) is 0.490. The van der Waals surface area contributed by atoms with E-state index in [2.05, 4.69) is 39.0 Å². The Morgan fingerprint density at radius 3 is 2.79 bits per heavy atom. The number of hydrogen-bond donors (Lipinski definition) is 1. The molecule has 1 N–H and O–H groups in total. The molecular formula is C23H24N4OS. The Hall–Kier alpha value is -2.99.